The van der Waals surface area contributed by atoms with Crippen LogP contribution >= 0.6 is 0 Å². The van der Waals surface area contributed by atoms with Crippen LogP contribution in [-0.2, 0) is 13.3 Å². The van der Waals surface area contributed by atoms with Gasteiger partial charge in [-0.3, -0.25) is 0 Å². The summed E-state index contributed by atoms with van der Waals surface area (Å²) in [7, 11) is -2.42. The Hall–Kier alpha value is 0.0969. The monoisotopic (exact) mass is 217 g/mol. The van der Waals surface area contributed by atoms with Crippen molar-refractivity contribution in [3.63, 3.8) is 0 Å². The molecule has 0 bridgehead atoms. The molecule has 1 aliphatic rings. The first-order chi connectivity index (χ1) is 6.76. The molecule has 14 heavy (non-hydrogen) atoms. The third-order valence-electron chi connectivity index (χ3n) is 2.10. The molecular weight excluding hydrogens is 196 g/mol. The van der Waals surface area contributed by atoms with E-state index < -0.39 is 8.80 Å². The van der Waals surface area contributed by atoms with E-state index in [0.29, 0.717) is 25.7 Å². The molecule has 4 heteroatoms. The van der Waals surface area contributed by atoms with Crippen LogP contribution in [0.2, 0.25) is 0 Å². The van der Waals surface area contributed by atoms with E-state index in [4.69, 9.17) is 13.3 Å². The Morgan fingerprint density at radius 1 is 1.00 bits per heavy atom. The summed E-state index contributed by atoms with van der Waals surface area (Å²) in [5.41, 5.74) is 0. The summed E-state index contributed by atoms with van der Waals surface area (Å²) < 4.78 is 17.1. The molecule has 3 nitrogen and oxygen atoms in total. The first-order valence-electron chi connectivity index (χ1n) is 5.54. The fourth-order valence-corrected chi connectivity index (χ4v) is 4.08. The molecule has 0 amide bonds. The van der Waals surface area contributed by atoms with Crippen molar-refractivity contribution < 1.29 is 13.3 Å². The van der Waals surface area contributed by atoms with Gasteiger partial charge in [-0.15, -0.1) is 0 Å². The molecule has 0 unspecified atom stereocenters. The van der Waals surface area contributed by atoms with E-state index in [1.165, 1.54) is 12.8 Å². The summed E-state index contributed by atoms with van der Waals surface area (Å²) in [5, 5.41) is 0. The zero-order valence-electron chi connectivity index (χ0n) is 9.41. The lowest BCUT2D eigenvalue weighted by molar-refractivity contribution is 0.0781. The van der Waals surface area contributed by atoms with Gasteiger partial charge in [-0.2, -0.15) is 0 Å². The zero-order valence-corrected chi connectivity index (χ0v) is 10.4. The van der Waals surface area contributed by atoms with E-state index >= 15 is 0 Å². The van der Waals surface area contributed by atoms with Crippen LogP contribution in [0, 0.1) is 12.0 Å². The van der Waals surface area contributed by atoms with Gasteiger partial charge in [0.25, 0.3) is 0 Å². The summed E-state index contributed by atoms with van der Waals surface area (Å²) >= 11 is 0. The van der Waals surface area contributed by atoms with Gasteiger partial charge in [0.1, 0.15) is 0 Å². The largest absolute Gasteiger partial charge is 0.504 e. The van der Waals surface area contributed by atoms with Crippen molar-refractivity contribution in [3.05, 3.63) is 6.04 Å². The van der Waals surface area contributed by atoms with E-state index in [1.807, 2.05) is 20.8 Å². The Morgan fingerprint density at radius 2 is 1.43 bits per heavy atom. The Balaban J connectivity index is 2.49. The number of hydrogen-bond acceptors (Lipinski definition) is 3. The van der Waals surface area contributed by atoms with Crippen LogP contribution in [0.5, 0.6) is 0 Å². The maximum atomic E-state index is 5.70. The summed E-state index contributed by atoms with van der Waals surface area (Å²) in [6, 6.07) is 2.20. The molecule has 0 saturated heterocycles. The van der Waals surface area contributed by atoms with Crippen molar-refractivity contribution in [2.45, 2.75) is 33.6 Å². The summed E-state index contributed by atoms with van der Waals surface area (Å²) in [4.78, 5) is 0. The molecule has 1 radical (unpaired) electrons. The molecule has 1 fully saturated rings. The molecule has 0 heterocycles. The predicted molar refractivity (Wildman–Crippen MR) is 57.7 cm³/mol. The standard InChI is InChI=1S/C10H21O3Si/c1-4-11-14(12-5-2,13-6-3)9-10-7-8-10/h9-10H,4-8H2,1-3H3. The topological polar surface area (TPSA) is 27.7 Å². The van der Waals surface area contributed by atoms with Gasteiger partial charge in [0, 0.05) is 25.9 Å². The SMILES string of the molecule is CCO[Si]([CH]C1CC1)(OCC)OCC. The quantitative estimate of drug-likeness (QED) is 0.583. The fraction of sp³-hybridized carbons (Fsp3) is 0.900. The highest BCUT2D eigenvalue weighted by atomic mass is 28.4. The van der Waals surface area contributed by atoms with E-state index in [-0.39, 0.29) is 0 Å². The van der Waals surface area contributed by atoms with Gasteiger partial charge in [-0.25, -0.2) is 0 Å². The summed E-state index contributed by atoms with van der Waals surface area (Å²) in [6.45, 7) is 7.95. The van der Waals surface area contributed by atoms with Crippen molar-refractivity contribution >= 4 is 8.80 Å². The van der Waals surface area contributed by atoms with Gasteiger partial charge in [0.2, 0.25) is 0 Å². The van der Waals surface area contributed by atoms with Crippen LogP contribution in [0.25, 0.3) is 0 Å². The molecule has 0 spiro atoms. The van der Waals surface area contributed by atoms with Crippen LogP contribution in [-0.4, -0.2) is 28.6 Å². The molecule has 0 aromatic rings. The highest BCUT2D eigenvalue weighted by Crippen LogP contribution is 2.36. The molecule has 1 aliphatic carbocycles. The molecule has 0 N–H and O–H groups in total. The van der Waals surface area contributed by atoms with Crippen LogP contribution in [0.15, 0.2) is 0 Å². The first kappa shape index (κ1) is 12.2. The van der Waals surface area contributed by atoms with Crippen molar-refractivity contribution in [3.8, 4) is 0 Å². The first-order valence-corrected chi connectivity index (χ1v) is 7.34. The zero-order chi connectivity index (χ0) is 10.4. The molecule has 1 saturated carbocycles. The van der Waals surface area contributed by atoms with Gasteiger partial charge >= 0.3 is 8.80 Å². The summed E-state index contributed by atoms with van der Waals surface area (Å²) in [6.07, 6.45) is 2.53. The Kier molecular flexibility index (Phi) is 5.09. The van der Waals surface area contributed by atoms with Crippen LogP contribution in [0.1, 0.15) is 33.6 Å². The maximum Gasteiger partial charge on any atom is 0.504 e. The van der Waals surface area contributed by atoms with Gasteiger partial charge in [0.15, 0.2) is 0 Å². The molecule has 0 aromatic heterocycles. The van der Waals surface area contributed by atoms with E-state index in [2.05, 4.69) is 6.04 Å². The minimum atomic E-state index is -2.42. The smallest absolute Gasteiger partial charge is 0.374 e. The molecule has 0 aromatic carbocycles. The predicted octanol–water partition coefficient (Wildman–Crippen LogP) is 2.19. The highest BCUT2D eigenvalue weighted by Gasteiger charge is 2.45. The van der Waals surface area contributed by atoms with Crippen LogP contribution < -0.4 is 0 Å². The van der Waals surface area contributed by atoms with E-state index in [1.54, 1.807) is 0 Å². The normalized spacial score (nSPS) is 17.4. The van der Waals surface area contributed by atoms with Crippen molar-refractivity contribution in [2.24, 2.45) is 5.92 Å². The second-order valence-electron chi connectivity index (χ2n) is 3.41. The minimum Gasteiger partial charge on any atom is -0.374 e. The highest BCUT2D eigenvalue weighted by molar-refractivity contribution is 6.64. The van der Waals surface area contributed by atoms with Gasteiger partial charge < -0.3 is 13.3 Å². The number of rotatable bonds is 8. The Labute approximate surface area is 88.1 Å². The lowest BCUT2D eigenvalue weighted by Crippen LogP contribution is -2.47. The molecule has 0 atom stereocenters. The molecule has 0 aliphatic heterocycles. The minimum absolute atomic E-state index is 0.662. The van der Waals surface area contributed by atoms with E-state index in [0.717, 1.165) is 0 Å². The molecule has 1 rings (SSSR count). The maximum absolute atomic E-state index is 5.70. The second-order valence-corrected chi connectivity index (χ2v) is 5.81. The van der Waals surface area contributed by atoms with Crippen molar-refractivity contribution in [2.75, 3.05) is 19.8 Å². The van der Waals surface area contributed by atoms with Gasteiger partial charge in [-0.1, -0.05) is 0 Å². The third-order valence-corrected chi connectivity index (χ3v) is 5.05. The fourth-order valence-electron chi connectivity index (χ4n) is 1.42. The van der Waals surface area contributed by atoms with Crippen molar-refractivity contribution in [1.82, 2.24) is 0 Å². The lowest BCUT2D eigenvalue weighted by Gasteiger charge is -2.28. The van der Waals surface area contributed by atoms with Gasteiger partial charge in [0.05, 0.1) is 0 Å². The van der Waals surface area contributed by atoms with E-state index in [9.17, 15) is 0 Å². The Bertz CT molecular complexity index is 142. The third kappa shape index (κ3) is 3.69. The van der Waals surface area contributed by atoms with Crippen LogP contribution in [0.4, 0.5) is 0 Å². The van der Waals surface area contributed by atoms with Crippen LogP contribution in [0.3, 0.4) is 0 Å². The molecule has 83 valence electrons. The summed E-state index contributed by atoms with van der Waals surface area (Å²) in [5.74, 6) is 0.673. The number of hydrogen-bond donors (Lipinski definition) is 0. The second kappa shape index (κ2) is 5.85. The average Bonchev–Trinajstić information content (AvgIpc) is 2.89. The van der Waals surface area contributed by atoms with Gasteiger partial charge in [-0.05, 0) is 39.5 Å². The lowest BCUT2D eigenvalue weighted by atomic mass is 10.5. The Morgan fingerprint density at radius 3 is 1.71 bits per heavy atom. The van der Waals surface area contributed by atoms with Crippen molar-refractivity contribution in [1.29, 1.82) is 0 Å². The molecular formula is C10H21O3Si. The average molecular weight is 217 g/mol.